The Labute approximate surface area is 189 Å². The largest absolute Gasteiger partial charge is 0.490 e. The van der Waals surface area contributed by atoms with Gasteiger partial charge in [0.05, 0.1) is 23.7 Å². The van der Waals surface area contributed by atoms with E-state index in [4.69, 9.17) is 14.7 Å². The molecular weight excluding hydrogens is 460 g/mol. The third-order valence-electron chi connectivity index (χ3n) is 4.51. The number of hydrogen-bond donors (Lipinski definition) is 0. The van der Waals surface area contributed by atoms with E-state index in [0.717, 1.165) is 22.9 Å². The minimum absolute atomic E-state index is 0.0674. The highest BCUT2D eigenvalue weighted by atomic mass is 79.9. The molecule has 8 heteroatoms. The highest BCUT2D eigenvalue weighted by molar-refractivity contribution is 9.10. The summed E-state index contributed by atoms with van der Waals surface area (Å²) in [4.78, 5) is 17.8. The van der Waals surface area contributed by atoms with Crippen LogP contribution in [0.5, 0.6) is 11.5 Å². The first-order valence-corrected chi connectivity index (χ1v) is 10.9. The quantitative estimate of drug-likeness (QED) is 0.412. The van der Waals surface area contributed by atoms with Crippen molar-refractivity contribution >= 4 is 33.0 Å². The molecular formula is C23H23BrN4O3. The van der Waals surface area contributed by atoms with E-state index in [1.807, 2.05) is 25.1 Å². The summed E-state index contributed by atoms with van der Waals surface area (Å²) >= 11 is 3.41. The molecule has 0 N–H and O–H groups in total. The van der Waals surface area contributed by atoms with Crippen molar-refractivity contribution in [2.24, 2.45) is 5.10 Å². The van der Waals surface area contributed by atoms with Gasteiger partial charge < -0.3 is 9.47 Å². The summed E-state index contributed by atoms with van der Waals surface area (Å²) in [5, 5.41) is 13.7. The predicted molar refractivity (Wildman–Crippen MR) is 124 cm³/mol. The molecule has 0 radical (unpaired) electrons. The monoisotopic (exact) mass is 482 g/mol. The summed E-state index contributed by atoms with van der Waals surface area (Å²) < 4.78 is 13.2. The van der Waals surface area contributed by atoms with Gasteiger partial charge in [-0.05, 0) is 55.3 Å². The van der Waals surface area contributed by atoms with Crippen LogP contribution >= 0.6 is 15.9 Å². The Morgan fingerprint density at radius 2 is 2.03 bits per heavy atom. The second kappa shape index (κ2) is 10.7. The minimum Gasteiger partial charge on any atom is -0.490 e. The lowest BCUT2D eigenvalue weighted by Gasteiger charge is -2.11. The molecule has 2 aromatic carbocycles. The van der Waals surface area contributed by atoms with E-state index in [2.05, 4.69) is 32.9 Å². The van der Waals surface area contributed by atoms with E-state index in [1.54, 1.807) is 30.5 Å². The summed E-state index contributed by atoms with van der Waals surface area (Å²) in [5.41, 5.74) is 1.17. The van der Waals surface area contributed by atoms with Crippen molar-refractivity contribution in [3.8, 4) is 17.6 Å². The van der Waals surface area contributed by atoms with E-state index in [0.29, 0.717) is 41.3 Å². The van der Waals surface area contributed by atoms with Gasteiger partial charge >= 0.3 is 0 Å². The molecule has 1 aromatic heterocycles. The molecule has 0 atom stereocenters. The number of rotatable bonds is 9. The lowest BCUT2D eigenvalue weighted by molar-refractivity contribution is 0.298. The number of nitriles is 1. The number of halogens is 1. The second-order valence-electron chi connectivity index (χ2n) is 6.74. The number of aromatic nitrogens is 2. The first-order chi connectivity index (χ1) is 15.1. The van der Waals surface area contributed by atoms with Crippen LogP contribution in [-0.4, -0.2) is 29.1 Å². The van der Waals surface area contributed by atoms with Crippen molar-refractivity contribution in [2.75, 3.05) is 13.2 Å². The topological polar surface area (TPSA) is 89.5 Å². The minimum atomic E-state index is -0.215. The third-order valence-corrected chi connectivity index (χ3v) is 5.00. The maximum Gasteiger partial charge on any atom is 0.282 e. The lowest BCUT2D eigenvalue weighted by Crippen LogP contribution is -2.22. The number of benzene rings is 2. The Balaban J connectivity index is 2.03. The van der Waals surface area contributed by atoms with Crippen molar-refractivity contribution in [1.82, 2.24) is 9.66 Å². The van der Waals surface area contributed by atoms with Crippen LogP contribution in [0.15, 0.2) is 50.8 Å². The van der Waals surface area contributed by atoms with Crippen molar-refractivity contribution in [1.29, 1.82) is 5.26 Å². The molecule has 7 nitrogen and oxygen atoms in total. The number of unbranched alkanes of at least 4 members (excludes halogenated alkanes) is 1. The van der Waals surface area contributed by atoms with Gasteiger partial charge in [-0.25, -0.2) is 4.98 Å². The van der Waals surface area contributed by atoms with Gasteiger partial charge in [0.15, 0.2) is 18.1 Å². The third kappa shape index (κ3) is 5.50. The molecule has 0 aliphatic rings. The average Bonchev–Trinajstić information content (AvgIpc) is 2.77. The fourth-order valence-corrected chi connectivity index (χ4v) is 3.40. The molecule has 3 aromatic rings. The fourth-order valence-electron chi connectivity index (χ4n) is 3.04. The predicted octanol–water partition coefficient (Wildman–Crippen LogP) is 4.68. The fraction of sp³-hybridized carbons (Fsp3) is 0.304. The zero-order valence-electron chi connectivity index (χ0n) is 17.5. The number of hydrogen-bond acceptors (Lipinski definition) is 6. The Kier molecular flexibility index (Phi) is 7.79. The van der Waals surface area contributed by atoms with E-state index in [-0.39, 0.29) is 12.2 Å². The smallest absolute Gasteiger partial charge is 0.282 e. The van der Waals surface area contributed by atoms with Crippen LogP contribution in [0.3, 0.4) is 0 Å². The first kappa shape index (κ1) is 22.5. The normalized spacial score (nSPS) is 11.0. The van der Waals surface area contributed by atoms with Crippen LogP contribution < -0.4 is 15.0 Å². The number of aryl methyl sites for hydroxylation is 1. The molecule has 0 saturated carbocycles. The maximum absolute atomic E-state index is 13.1. The van der Waals surface area contributed by atoms with Crippen LogP contribution in [0.4, 0.5) is 0 Å². The standard InChI is InChI=1S/C23H23BrN4O3/c1-3-5-6-22-27-19-9-8-17(24)14-18(19)23(29)28(22)26-15-16-7-10-20(31-12-11-25)21(13-16)30-4-2/h7-10,13-15H,3-6,12H2,1-2H3. The molecule has 0 amide bonds. The molecule has 160 valence electrons. The van der Waals surface area contributed by atoms with Crippen molar-refractivity contribution in [2.45, 2.75) is 33.1 Å². The lowest BCUT2D eigenvalue weighted by atomic mass is 10.2. The summed E-state index contributed by atoms with van der Waals surface area (Å²) in [6.07, 6.45) is 4.14. The van der Waals surface area contributed by atoms with Crippen LogP contribution in [-0.2, 0) is 6.42 Å². The molecule has 0 bridgehead atoms. The van der Waals surface area contributed by atoms with Crippen molar-refractivity contribution in [3.05, 3.63) is 62.6 Å². The second-order valence-corrected chi connectivity index (χ2v) is 7.66. The summed E-state index contributed by atoms with van der Waals surface area (Å²) in [6, 6.07) is 12.7. The van der Waals surface area contributed by atoms with Gasteiger partial charge in [0.2, 0.25) is 0 Å². The molecule has 0 aliphatic carbocycles. The Morgan fingerprint density at radius 3 is 2.77 bits per heavy atom. The Morgan fingerprint density at radius 1 is 1.19 bits per heavy atom. The zero-order valence-corrected chi connectivity index (χ0v) is 19.1. The van der Waals surface area contributed by atoms with Gasteiger partial charge in [-0.15, -0.1) is 0 Å². The van der Waals surface area contributed by atoms with Gasteiger partial charge in [-0.1, -0.05) is 29.3 Å². The molecule has 0 unspecified atom stereocenters. The van der Waals surface area contributed by atoms with Crippen LogP contribution in [0, 0.1) is 11.3 Å². The van der Waals surface area contributed by atoms with Crippen LogP contribution in [0.25, 0.3) is 10.9 Å². The molecule has 0 saturated heterocycles. The number of ether oxygens (including phenoxy) is 2. The van der Waals surface area contributed by atoms with Crippen LogP contribution in [0.2, 0.25) is 0 Å². The molecule has 0 aliphatic heterocycles. The van der Waals surface area contributed by atoms with Gasteiger partial charge in [0.1, 0.15) is 11.9 Å². The molecule has 3 rings (SSSR count). The SMILES string of the molecule is CCCCc1nc2ccc(Br)cc2c(=O)n1N=Cc1ccc(OCC#N)c(OCC)c1. The summed E-state index contributed by atoms with van der Waals surface area (Å²) in [6.45, 7) is 4.35. The Hall–Kier alpha value is -3.18. The van der Waals surface area contributed by atoms with E-state index >= 15 is 0 Å². The number of fused-ring (bicyclic) bond motifs is 1. The average molecular weight is 483 g/mol. The van der Waals surface area contributed by atoms with Gasteiger partial charge in [-0.2, -0.15) is 15.0 Å². The molecule has 0 spiro atoms. The maximum atomic E-state index is 13.1. The number of nitrogens with zero attached hydrogens (tertiary/aromatic N) is 4. The van der Waals surface area contributed by atoms with Gasteiger partial charge in [0.25, 0.3) is 5.56 Å². The highest BCUT2D eigenvalue weighted by Crippen LogP contribution is 2.28. The molecule has 31 heavy (non-hydrogen) atoms. The summed E-state index contributed by atoms with van der Waals surface area (Å²) in [7, 11) is 0. The zero-order chi connectivity index (χ0) is 22.2. The van der Waals surface area contributed by atoms with Gasteiger partial charge in [0, 0.05) is 10.9 Å². The van der Waals surface area contributed by atoms with Crippen LogP contribution in [0.1, 0.15) is 38.1 Å². The molecule has 0 fully saturated rings. The van der Waals surface area contributed by atoms with E-state index in [9.17, 15) is 4.79 Å². The Bertz CT molecular complexity index is 1200. The highest BCUT2D eigenvalue weighted by Gasteiger charge is 2.11. The van der Waals surface area contributed by atoms with Gasteiger partial charge in [-0.3, -0.25) is 4.79 Å². The summed E-state index contributed by atoms with van der Waals surface area (Å²) in [5.74, 6) is 1.62. The molecule has 1 heterocycles. The van der Waals surface area contributed by atoms with Crippen molar-refractivity contribution in [3.63, 3.8) is 0 Å². The first-order valence-electron chi connectivity index (χ1n) is 10.1. The van der Waals surface area contributed by atoms with Crippen molar-refractivity contribution < 1.29 is 9.47 Å². The van der Waals surface area contributed by atoms with E-state index in [1.165, 1.54) is 4.68 Å². The van der Waals surface area contributed by atoms with E-state index < -0.39 is 0 Å².